The molecule has 0 aliphatic rings. The highest BCUT2D eigenvalue weighted by molar-refractivity contribution is 6.01. The molecule has 2 aromatic rings. The van der Waals surface area contributed by atoms with Gasteiger partial charge in [-0.05, 0) is 5.56 Å². The molecule has 2 aromatic carbocycles. The fourth-order valence-electron chi connectivity index (χ4n) is 1.90. The molecule has 1 amide bonds. The van der Waals surface area contributed by atoms with Crippen molar-refractivity contribution in [3.05, 3.63) is 57.6 Å². The molecule has 0 heterocycles. The minimum atomic E-state index is -1.09. The molecule has 8 heteroatoms. The van der Waals surface area contributed by atoms with Gasteiger partial charge in [0.05, 0.1) is 4.92 Å². The van der Waals surface area contributed by atoms with Gasteiger partial charge in [0.1, 0.15) is 11.3 Å². The number of nitrogens with zero attached hydrogens (tertiary/aromatic N) is 1. The summed E-state index contributed by atoms with van der Waals surface area (Å²) in [5.74, 6) is -3.68. The molecule has 0 saturated heterocycles. The summed E-state index contributed by atoms with van der Waals surface area (Å²) in [5.41, 5.74) is -0.939. The van der Waals surface area contributed by atoms with Crippen LogP contribution in [0.15, 0.2) is 36.4 Å². The van der Waals surface area contributed by atoms with Crippen LogP contribution in [-0.4, -0.2) is 26.2 Å². The van der Waals surface area contributed by atoms with E-state index in [4.69, 9.17) is 0 Å². The van der Waals surface area contributed by atoms with Gasteiger partial charge < -0.3 is 20.6 Å². The number of nitrogens with one attached hydrogen (secondary N) is 1. The van der Waals surface area contributed by atoms with Crippen LogP contribution in [-0.2, 0) is 6.54 Å². The van der Waals surface area contributed by atoms with Crippen LogP contribution in [0.4, 0.5) is 5.69 Å². The molecule has 22 heavy (non-hydrogen) atoms. The maximum absolute atomic E-state index is 12.0. The number of rotatable bonds is 4. The van der Waals surface area contributed by atoms with Gasteiger partial charge in [0.2, 0.25) is 11.5 Å². The molecular weight excluding hydrogens is 292 g/mol. The SMILES string of the molecule is O=C(NCc1ccccc1)c1c(O)cc(O)c([N+](=O)[O-])c1O. The van der Waals surface area contributed by atoms with Crippen molar-refractivity contribution in [3.8, 4) is 17.2 Å². The molecule has 0 atom stereocenters. The van der Waals surface area contributed by atoms with Crippen molar-refractivity contribution < 1.29 is 25.0 Å². The number of amides is 1. The lowest BCUT2D eigenvalue weighted by atomic mass is 10.1. The van der Waals surface area contributed by atoms with Crippen molar-refractivity contribution in [2.24, 2.45) is 0 Å². The molecule has 0 unspecified atom stereocenters. The Morgan fingerprint density at radius 2 is 1.77 bits per heavy atom. The third-order valence-electron chi connectivity index (χ3n) is 2.94. The number of carbonyl (C=O) groups is 1. The highest BCUT2D eigenvalue weighted by atomic mass is 16.6. The first-order chi connectivity index (χ1) is 10.4. The summed E-state index contributed by atoms with van der Waals surface area (Å²) < 4.78 is 0. The number of hydrogen-bond donors (Lipinski definition) is 4. The second-order valence-electron chi connectivity index (χ2n) is 4.41. The van der Waals surface area contributed by atoms with Crippen LogP contribution in [0.2, 0.25) is 0 Å². The number of phenolic OH excluding ortho intramolecular Hbond substituents is 3. The van der Waals surface area contributed by atoms with Crippen molar-refractivity contribution in [2.45, 2.75) is 6.54 Å². The number of carbonyl (C=O) groups excluding carboxylic acids is 1. The predicted molar refractivity (Wildman–Crippen MR) is 75.7 cm³/mol. The molecule has 114 valence electrons. The lowest BCUT2D eigenvalue weighted by Crippen LogP contribution is -2.23. The Labute approximate surface area is 124 Å². The molecule has 0 fully saturated rings. The Bertz CT molecular complexity index is 730. The fourth-order valence-corrected chi connectivity index (χ4v) is 1.90. The summed E-state index contributed by atoms with van der Waals surface area (Å²) >= 11 is 0. The van der Waals surface area contributed by atoms with E-state index >= 15 is 0 Å². The molecule has 8 nitrogen and oxygen atoms in total. The fraction of sp³-hybridized carbons (Fsp3) is 0.0714. The Hall–Kier alpha value is -3.29. The summed E-state index contributed by atoms with van der Waals surface area (Å²) in [4.78, 5) is 21.7. The highest BCUT2D eigenvalue weighted by Crippen LogP contribution is 2.42. The summed E-state index contributed by atoms with van der Waals surface area (Å²) in [5, 5.41) is 42.0. The third kappa shape index (κ3) is 2.90. The van der Waals surface area contributed by atoms with Gasteiger partial charge in [0, 0.05) is 12.6 Å². The average molecular weight is 304 g/mol. The topological polar surface area (TPSA) is 133 Å². The van der Waals surface area contributed by atoms with Crippen LogP contribution < -0.4 is 5.32 Å². The second-order valence-corrected chi connectivity index (χ2v) is 4.41. The Morgan fingerprint density at radius 1 is 1.14 bits per heavy atom. The maximum Gasteiger partial charge on any atom is 0.353 e. The van der Waals surface area contributed by atoms with E-state index in [9.17, 15) is 30.2 Å². The number of hydrogen-bond acceptors (Lipinski definition) is 6. The third-order valence-corrected chi connectivity index (χ3v) is 2.94. The molecule has 0 spiro atoms. The largest absolute Gasteiger partial charge is 0.507 e. The number of nitro groups is 1. The zero-order valence-electron chi connectivity index (χ0n) is 11.2. The van der Waals surface area contributed by atoms with Crippen molar-refractivity contribution in [1.29, 1.82) is 0 Å². The van der Waals surface area contributed by atoms with Crippen LogP contribution >= 0.6 is 0 Å². The van der Waals surface area contributed by atoms with Crippen LogP contribution in [0.5, 0.6) is 17.2 Å². The van der Waals surface area contributed by atoms with Gasteiger partial charge in [-0.25, -0.2) is 0 Å². The van der Waals surface area contributed by atoms with Gasteiger partial charge in [-0.1, -0.05) is 30.3 Å². The Morgan fingerprint density at radius 3 is 2.36 bits per heavy atom. The van der Waals surface area contributed by atoms with Crippen molar-refractivity contribution in [1.82, 2.24) is 5.32 Å². The van der Waals surface area contributed by atoms with Crippen molar-refractivity contribution >= 4 is 11.6 Å². The second kappa shape index (κ2) is 6.00. The van der Waals surface area contributed by atoms with Crippen LogP contribution in [0.25, 0.3) is 0 Å². The van der Waals surface area contributed by atoms with Crippen molar-refractivity contribution in [2.75, 3.05) is 0 Å². The molecule has 0 aliphatic heterocycles. The number of aromatic hydroxyl groups is 3. The predicted octanol–water partition coefficient (Wildman–Crippen LogP) is 1.64. The number of nitro benzene ring substituents is 1. The molecule has 0 saturated carbocycles. The summed E-state index contributed by atoms with van der Waals surface area (Å²) in [6, 6.07) is 9.46. The van der Waals surface area contributed by atoms with Gasteiger partial charge in [-0.2, -0.15) is 0 Å². The molecule has 0 aromatic heterocycles. The molecule has 0 radical (unpaired) electrons. The average Bonchev–Trinajstić information content (AvgIpc) is 2.45. The van der Waals surface area contributed by atoms with E-state index < -0.39 is 39.3 Å². The molecule has 4 N–H and O–H groups in total. The number of benzene rings is 2. The summed E-state index contributed by atoms with van der Waals surface area (Å²) in [6.45, 7) is 0.104. The van der Waals surface area contributed by atoms with E-state index in [2.05, 4.69) is 5.32 Å². The Balaban J connectivity index is 2.30. The van der Waals surface area contributed by atoms with Gasteiger partial charge in [0.15, 0.2) is 0 Å². The lowest BCUT2D eigenvalue weighted by molar-refractivity contribution is -0.386. The molecular formula is C14H12N2O6. The highest BCUT2D eigenvalue weighted by Gasteiger charge is 2.29. The molecule has 0 bridgehead atoms. The van der Waals surface area contributed by atoms with Crippen molar-refractivity contribution in [3.63, 3.8) is 0 Å². The summed E-state index contributed by atoms with van der Waals surface area (Å²) in [7, 11) is 0. The van der Waals surface area contributed by atoms with Gasteiger partial charge in [-0.3, -0.25) is 14.9 Å². The van der Waals surface area contributed by atoms with Crippen LogP contribution in [0.3, 0.4) is 0 Å². The van der Waals surface area contributed by atoms with Gasteiger partial charge in [0.25, 0.3) is 5.91 Å². The zero-order valence-corrected chi connectivity index (χ0v) is 11.2. The van der Waals surface area contributed by atoms with Gasteiger partial charge in [-0.15, -0.1) is 0 Å². The first kappa shape index (κ1) is 15.1. The zero-order chi connectivity index (χ0) is 16.3. The minimum absolute atomic E-state index is 0.104. The first-order valence-corrected chi connectivity index (χ1v) is 6.16. The maximum atomic E-state index is 12.0. The van der Waals surface area contributed by atoms with E-state index in [1.54, 1.807) is 30.3 Å². The Kier molecular flexibility index (Phi) is 4.12. The van der Waals surface area contributed by atoms with E-state index in [0.717, 1.165) is 5.56 Å². The van der Waals surface area contributed by atoms with Crippen LogP contribution in [0, 0.1) is 10.1 Å². The normalized spacial score (nSPS) is 10.2. The molecule has 0 aliphatic carbocycles. The van der Waals surface area contributed by atoms with Crippen LogP contribution in [0.1, 0.15) is 15.9 Å². The summed E-state index contributed by atoms with van der Waals surface area (Å²) in [6.07, 6.45) is 0. The van der Waals surface area contributed by atoms with E-state index in [0.29, 0.717) is 6.07 Å². The molecule has 2 rings (SSSR count). The smallest absolute Gasteiger partial charge is 0.353 e. The standard InChI is InChI=1S/C14H12N2O6/c17-9-6-10(18)12(16(21)22)13(19)11(9)14(20)15-7-8-4-2-1-3-5-8/h1-6,17-19H,7H2,(H,15,20). The van der Waals surface area contributed by atoms with Gasteiger partial charge >= 0.3 is 5.69 Å². The lowest BCUT2D eigenvalue weighted by Gasteiger charge is -2.09. The van der Waals surface area contributed by atoms with E-state index in [1.165, 1.54) is 0 Å². The first-order valence-electron chi connectivity index (χ1n) is 6.16. The number of phenols is 3. The van der Waals surface area contributed by atoms with E-state index in [-0.39, 0.29) is 6.54 Å². The quantitative estimate of drug-likeness (QED) is 0.501. The van der Waals surface area contributed by atoms with E-state index in [1.807, 2.05) is 0 Å². The monoisotopic (exact) mass is 304 g/mol. The minimum Gasteiger partial charge on any atom is -0.507 e.